The van der Waals surface area contributed by atoms with Crippen molar-refractivity contribution in [2.75, 3.05) is 26.9 Å². The van der Waals surface area contributed by atoms with Gasteiger partial charge in [-0.3, -0.25) is 4.79 Å². The molecule has 0 spiro atoms. The Hall–Kier alpha value is -4.39. The number of carbonyl (C=O) groups excluding carboxylic acids is 1. The van der Waals surface area contributed by atoms with Crippen LogP contribution in [0.25, 0.3) is 22.2 Å². The number of rotatable bonds is 7. The lowest BCUT2D eigenvalue weighted by molar-refractivity contribution is -0.265. The molecule has 41 heavy (non-hydrogen) atoms. The molecule has 1 amide bonds. The van der Waals surface area contributed by atoms with Crippen LogP contribution in [0.5, 0.6) is 11.5 Å². The molecular weight excluding hydrogens is 551 g/mol. The Bertz CT molecular complexity index is 1630. The van der Waals surface area contributed by atoms with Crippen LogP contribution in [0.15, 0.2) is 55.0 Å². The summed E-state index contributed by atoms with van der Waals surface area (Å²) < 4.78 is 82.2. The van der Waals surface area contributed by atoms with E-state index >= 15 is 0 Å². The third-order valence-corrected chi connectivity index (χ3v) is 7.02. The summed E-state index contributed by atoms with van der Waals surface area (Å²) in [6.07, 6.45) is -2.65. The number of carbonyl (C=O) groups is 1. The highest BCUT2D eigenvalue weighted by Crippen LogP contribution is 2.48. The number of aromatic nitrogens is 3. The summed E-state index contributed by atoms with van der Waals surface area (Å²) >= 11 is 0. The van der Waals surface area contributed by atoms with E-state index in [1.165, 1.54) is 50.8 Å². The second-order valence-corrected chi connectivity index (χ2v) is 9.90. The molecule has 2 aromatic carbocycles. The average molecular weight is 575 g/mol. The Morgan fingerprint density at radius 2 is 1.93 bits per heavy atom. The van der Waals surface area contributed by atoms with Gasteiger partial charge in [-0.2, -0.15) is 13.2 Å². The van der Waals surface area contributed by atoms with Crippen LogP contribution >= 0.6 is 0 Å². The third kappa shape index (κ3) is 4.90. The molecule has 0 aliphatic carbocycles. The molecule has 5 rings (SSSR count). The van der Waals surface area contributed by atoms with Crippen LogP contribution < -0.4 is 14.8 Å². The molecular formula is C28H23F5N4O4. The Labute approximate surface area is 230 Å². The number of amides is 1. The molecule has 2 unspecified atom stereocenters. The van der Waals surface area contributed by atoms with Crippen molar-refractivity contribution in [1.82, 2.24) is 20.3 Å². The van der Waals surface area contributed by atoms with E-state index in [1.54, 1.807) is 0 Å². The van der Waals surface area contributed by atoms with Crippen molar-refractivity contribution in [3.05, 3.63) is 77.6 Å². The van der Waals surface area contributed by atoms with Crippen LogP contribution in [0.1, 0.15) is 28.5 Å². The number of alkyl halides is 4. The van der Waals surface area contributed by atoms with Gasteiger partial charge in [-0.15, -0.1) is 0 Å². The van der Waals surface area contributed by atoms with E-state index in [9.17, 15) is 31.9 Å². The van der Waals surface area contributed by atoms with Gasteiger partial charge in [0.1, 0.15) is 48.1 Å². The second-order valence-electron chi connectivity index (χ2n) is 9.90. The maximum absolute atomic E-state index is 14.6. The fourth-order valence-corrected chi connectivity index (χ4v) is 4.57. The number of benzene rings is 2. The first-order valence-electron chi connectivity index (χ1n) is 12.3. The highest BCUT2D eigenvalue weighted by molar-refractivity contribution is 5.99. The second kappa shape index (κ2) is 10.2. The molecule has 0 bridgehead atoms. The molecule has 0 radical (unpaired) electrons. The molecule has 4 aromatic rings. The Kier molecular flexibility index (Phi) is 7.02. The molecule has 1 aliphatic rings. The van der Waals surface area contributed by atoms with Crippen molar-refractivity contribution in [3.63, 3.8) is 0 Å². The first-order valence-corrected chi connectivity index (χ1v) is 12.3. The maximum atomic E-state index is 14.6. The first-order chi connectivity index (χ1) is 19.4. The summed E-state index contributed by atoms with van der Waals surface area (Å²) in [4.78, 5) is 25.0. The quantitative estimate of drug-likeness (QED) is 0.310. The lowest BCUT2D eigenvalue weighted by Crippen LogP contribution is -2.51. The normalized spacial score (nSPS) is 18.0. The van der Waals surface area contributed by atoms with Gasteiger partial charge in [0, 0.05) is 28.3 Å². The third-order valence-electron chi connectivity index (χ3n) is 7.02. The van der Waals surface area contributed by atoms with Crippen molar-refractivity contribution in [3.8, 4) is 22.8 Å². The summed E-state index contributed by atoms with van der Waals surface area (Å²) in [5, 5.41) is 13.7. The van der Waals surface area contributed by atoms with Gasteiger partial charge in [-0.1, -0.05) is 0 Å². The van der Waals surface area contributed by atoms with E-state index < -0.39 is 47.8 Å². The van der Waals surface area contributed by atoms with Crippen LogP contribution in [-0.2, 0) is 11.0 Å². The van der Waals surface area contributed by atoms with Gasteiger partial charge in [-0.05, 0) is 49.4 Å². The van der Waals surface area contributed by atoms with Gasteiger partial charge in [0.2, 0.25) is 5.60 Å². The van der Waals surface area contributed by atoms with Crippen molar-refractivity contribution in [2.45, 2.75) is 24.1 Å². The fourth-order valence-electron chi connectivity index (χ4n) is 4.57. The zero-order valence-corrected chi connectivity index (χ0v) is 21.7. The topological polar surface area (TPSA) is 106 Å². The first kappa shape index (κ1) is 28.1. The zero-order valence-electron chi connectivity index (χ0n) is 21.7. The number of methoxy groups -OCH3 is 1. The number of fused-ring (bicyclic) bond motifs is 2. The Balaban J connectivity index is 1.57. The van der Waals surface area contributed by atoms with Crippen LogP contribution in [0.3, 0.4) is 0 Å². The van der Waals surface area contributed by atoms with E-state index in [0.29, 0.717) is 10.9 Å². The van der Waals surface area contributed by atoms with Crippen LogP contribution in [0.4, 0.5) is 22.0 Å². The number of hydrogen-bond donors (Lipinski definition) is 2. The van der Waals surface area contributed by atoms with E-state index in [4.69, 9.17) is 9.47 Å². The number of nitrogens with one attached hydrogen (secondary N) is 1. The summed E-state index contributed by atoms with van der Waals surface area (Å²) in [6.45, 7) is -1.03. The van der Waals surface area contributed by atoms with Gasteiger partial charge in [0.15, 0.2) is 0 Å². The van der Waals surface area contributed by atoms with Crippen molar-refractivity contribution >= 4 is 16.8 Å². The molecule has 2 atom stereocenters. The molecule has 2 N–H and O–H groups in total. The number of halogens is 5. The van der Waals surface area contributed by atoms with Crippen LogP contribution in [-0.4, -0.2) is 59.1 Å². The smallest absolute Gasteiger partial charge is 0.424 e. The minimum Gasteiger partial charge on any atom is -0.494 e. The molecule has 1 aliphatic heterocycles. The molecule has 0 saturated heterocycles. The van der Waals surface area contributed by atoms with Crippen molar-refractivity contribution in [1.29, 1.82) is 0 Å². The zero-order chi connectivity index (χ0) is 29.6. The summed E-state index contributed by atoms with van der Waals surface area (Å²) in [7, 11) is 1.34. The number of ether oxygens (including phenoxy) is 2. The van der Waals surface area contributed by atoms with Crippen molar-refractivity contribution in [2.24, 2.45) is 0 Å². The Morgan fingerprint density at radius 1 is 1.20 bits per heavy atom. The lowest BCUT2D eigenvalue weighted by atomic mass is 9.83. The molecule has 13 heteroatoms. The monoisotopic (exact) mass is 574 g/mol. The molecule has 8 nitrogen and oxygen atoms in total. The van der Waals surface area contributed by atoms with E-state index in [0.717, 1.165) is 18.2 Å². The summed E-state index contributed by atoms with van der Waals surface area (Å²) in [6, 6.07) is 8.32. The minimum atomic E-state index is -5.33. The SMILES string of the molecule is COc1cc(C(=O)NCC(O)(c2cc3c(c(-c4ccc(F)cc4)n2)OCC3(C)CF)C(F)(F)F)cc2cncnc12. The minimum absolute atomic E-state index is 0.0274. The van der Waals surface area contributed by atoms with Crippen molar-refractivity contribution < 1.29 is 41.3 Å². The molecule has 214 valence electrons. The van der Waals surface area contributed by atoms with E-state index in [1.807, 2.05) is 0 Å². The highest BCUT2D eigenvalue weighted by Gasteiger charge is 2.57. The number of nitrogens with zero attached hydrogens (tertiary/aromatic N) is 3. The van der Waals surface area contributed by atoms with Gasteiger partial charge in [0.05, 0.1) is 24.8 Å². The van der Waals surface area contributed by atoms with Gasteiger partial charge in [-0.25, -0.2) is 23.7 Å². The molecule has 0 fully saturated rings. The lowest BCUT2D eigenvalue weighted by Gasteiger charge is -2.31. The van der Waals surface area contributed by atoms with E-state index in [2.05, 4.69) is 20.3 Å². The molecule has 0 saturated carbocycles. The molecule has 3 heterocycles. The van der Waals surface area contributed by atoms with Gasteiger partial charge in [0.25, 0.3) is 5.91 Å². The predicted octanol–water partition coefficient (Wildman–Crippen LogP) is 4.64. The summed E-state index contributed by atoms with van der Waals surface area (Å²) in [5.41, 5.74) is -5.50. The summed E-state index contributed by atoms with van der Waals surface area (Å²) in [5.74, 6) is -1.33. The van der Waals surface area contributed by atoms with Gasteiger partial charge < -0.3 is 19.9 Å². The number of aliphatic hydroxyl groups is 1. The fraction of sp³-hybridized carbons (Fsp3) is 0.286. The molecule has 2 aromatic heterocycles. The number of hydrogen-bond acceptors (Lipinski definition) is 7. The highest BCUT2D eigenvalue weighted by atomic mass is 19.4. The number of pyridine rings is 1. The largest absolute Gasteiger partial charge is 0.494 e. The van der Waals surface area contributed by atoms with Gasteiger partial charge >= 0.3 is 6.18 Å². The maximum Gasteiger partial charge on any atom is 0.424 e. The van der Waals surface area contributed by atoms with Crippen LogP contribution in [0.2, 0.25) is 0 Å². The Morgan fingerprint density at radius 3 is 2.59 bits per heavy atom. The standard InChI is InChI=1S/C28H23F5N4O4/c1-26(11-29)13-41-24-19(26)9-21(37-23(24)15-3-5-18(30)6-4-15)27(39,28(31,32)33)12-35-25(38)16-7-17-10-34-14-36-22(17)20(8-16)40-2/h3-10,14,39H,11-13H2,1-2H3,(H,35,38). The predicted molar refractivity (Wildman–Crippen MR) is 137 cm³/mol. The average Bonchev–Trinajstić information content (AvgIpc) is 3.31. The van der Waals surface area contributed by atoms with E-state index in [-0.39, 0.29) is 40.5 Å². The van der Waals surface area contributed by atoms with Crippen LogP contribution in [0, 0.1) is 5.82 Å².